The van der Waals surface area contributed by atoms with Crippen LogP contribution in [0.1, 0.15) is 26.5 Å². The molecule has 0 aliphatic carbocycles. The predicted molar refractivity (Wildman–Crippen MR) is 105 cm³/mol. The molecule has 0 unspecified atom stereocenters. The zero-order valence-corrected chi connectivity index (χ0v) is 15.4. The molecule has 1 aromatic heterocycles. The van der Waals surface area contributed by atoms with E-state index in [0.717, 1.165) is 16.3 Å². The third-order valence-corrected chi connectivity index (χ3v) is 5.40. The molecule has 27 heavy (non-hydrogen) atoms. The van der Waals surface area contributed by atoms with Gasteiger partial charge >= 0.3 is 0 Å². The lowest BCUT2D eigenvalue weighted by Crippen LogP contribution is -2.35. The summed E-state index contributed by atoms with van der Waals surface area (Å²) in [7, 11) is 0. The molecule has 0 saturated heterocycles. The molecule has 2 aromatic carbocycles. The highest BCUT2D eigenvalue weighted by molar-refractivity contribution is 7.99. The average Bonchev–Trinajstić information content (AvgIpc) is 3.25. The van der Waals surface area contributed by atoms with Crippen LogP contribution in [0.2, 0.25) is 0 Å². The number of anilines is 1. The van der Waals surface area contributed by atoms with Crippen LogP contribution < -0.4 is 10.2 Å². The molecule has 2 amide bonds. The van der Waals surface area contributed by atoms with E-state index in [1.165, 1.54) is 0 Å². The number of nitrogens with one attached hydrogen (secondary N) is 1. The molecule has 0 radical (unpaired) electrons. The SMILES string of the molecule is O=C(NCc1ccco1)c1ccc2c(c1)N(C(=O)c1ccccc1)CCS2. The van der Waals surface area contributed by atoms with E-state index in [2.05, 4.69) is 5.32 Å². The summed E-state index contributed by atoms with van der Waals surface area (Å²) in [4.78, 5) is 28.2. The predicted octanol–water partition coefficient (Wildman–Crippen LogP) is 3.96. The number of fused-ring (bicyclic) bond motifs is 1. The largest absolute Gasteiger partial charge is 0.467 e. The second kappa shape index (κ2) is 7.72. The summed E-state index contributed by atoms with van der Waals surface area (Å²) < 4.78 is 5.24. The topological polar surface area (TPSA) is 62.6 Å². The van der Waals surface area contributed by atoms with Gasteiger partial charge < -0.3 is 14.6 Å². The highest BCUT2D eigenvalue weighted by atomic mass is 32.2. The molecular weight excluding hydrogens is 360 g/mol. The lowest BCUT2D eigenvalue weighted by atomic mass is 10.1. The van der Waals surface area contributed by atoms with E-state index >= 15 is 0 Å². The van der Waals surface area contributed by atoms with Crippen molar-refractivity contribution in [1.82, 2.24) is 5.32 Å². The first-order valence-electron chi connectivity index (χ1n) is 8.67. The summed E-state index contributed by atoms with van der Waals surface area (Å²) in [5, 5.41) is 2.84. The minimum Gasteiger partial charge on any atom is -0.467 e. The summed E-state index contributed by atoms with van der Waals surface area (Å²) in [6.07, 6.45) is 1.57. The number of thioether (sulfide) groups is 1. The van der Waals surface area contributed by atoms with Gasteiger partial charge in [-0.2, -0.15) is 0 Å². The second-order valence-electron chi connectivity index (χ2n) is 6.12. The van der Waals surface area contributed by atoms with Gasteiger partial charge in [0.1, 0.15) is 5.76 Å². The van der Waals surface area contributed by atoms with Crippen molar-refractivity contribution in [3.63, 3.8) is 0 Å². The van der Waals surface area contributed by atoms with Crippen LogP contribution in [0.15, 0.2) is 76.2 Å². The molecule has 136 valence electrons. The van der Waals surface area contributed by atoms with Gasteiger partial charge in [0, 0.05) is 28.3 Å². The van der Waals surface area contributed by atoms with Gasteiger partial charge in [-0.25, -0.2) is 0 Å². The van der Waals surface area contributed by atoms with Crippen molar-refractivity contribution >= 4 is 29.3 Å². The summed E-state index contributed by atoms with van der Waals surface area (Å²) in [6, 6.07) is 18.3. The summed E-state index contributed by atoms with van der Waals surface area (Å²) in [5.74, 6) is 1.27. The van der Waals surface area contributed by atoms with Crippen LogP contribution in [-0.4, -0.2) is 24.1 Å². The van der Waals surface area contributed by atoms with E-state index in [1.54, 1.807) is 41.1 Å². The molecule has 0 spiro atoms. The Balaban J connectivity index is 1.57. The van der Waals surface area contributed by atoms with Gasteiger partial charge in [0.05, 0.1) is 18.5 Å². The van der Waals surface area contributed by atoms with Crippen molar-refractivity contribution in [3.8, 4) is 0 Å². The number of rotatable bonds is 4. The fourth-order valence-corrected chi connectivity index (χ4v) is 3.96. The third-order valence-electron chi connectivity index (χ3n) is 4.35. The van der Waals surface area contributed by atoms with Gasteiger partial charge in [-0.1, -0.05) is 18.2 Å². The summed E-state index contributed by atoms with van der Waals surface area (Å²) >= 11 is 1.70. The first-order chi connectivity index (χ1) is 13.2. The van der Waals surface area contributed by atoms with Crippen molar-refractivity contribution in [1.29, 1.82) is 0 Å². The van der Waals surface area contributed by atoms with Gasteiger partial charge in [0.25, 0.3) is 11.8 Å². The highest BCUT2D eigenvalue weighted by Gasteiger charge is 2.25. The molecule has 1 aliphatic rings. The van der Waals surface area contributed by atoms with E-state index in [4.69, 9.17) is 4.42 Å². The molecule has 1 aliphatic heterocycles. The zero-order chi connectivity index (χ0) is 18.6. The van der Waals surface area contributed by atoms with Crippen LogP contribution >= 0.6 is 11.8 Å². The minimum absolute atomic E-state index is 0.0507. The maximum atomic E-state index is 12.9. The van der Waals surface area contributed by atoms with Gasteiger partial charge in [0.2, 0.25) is 0 Å². The number of benzene rings is 2. The zero-order valence-electron chi connectivity index (χ0n) is 14.6. The molecule has 4 rings (SSSR count). The van der Waals surface area contributed by atoms with Crippen molar-refractivity contribution in [2.75, 3.05) is 17.2 Å². The first-order valence-corrected chi connectivity index (χ1v) is 9.65. The van der Waals surface area contributed by atoms with Gasteiger partial charge in [0.15, 0.2) is 0 Å². The number of furan rings is 1. The molecule has 2 heterocycles. The summed E-state index contributed by atoms with van der Waals surface area (Å²) in [6.45, 7) is 0.938. The van der Waals surface area contributed by atoms with Crippen LogP contribution in [0.5, 0.6) is 0 Å². The molecule has 0 fully saturated rings. The number of nitrogens with zero attached hydrogens (tertiary/aromatic N) is 1. The Bertz CT molecular complexity index is 955. The fraction of sp³-hybridized carbons (Fsp3) is 0.143. The van der Waals surface area contributed by atoms with Crippen LogP contribution in [0.4, 0.5) is 5.69 Å². The normalized spacial score (nSPS) is 13.1. The Morgan fingerprint density at radius 1 is 1.04 bits per heavy atom. The number of hydrogen-bond donors (Lipinski definition) is 1. The Kier molecular flexibility index (Phi) is 4.98. The summed E-state index contributed by atoms with van der Waals surface area (Å²) in [5.41, 5.74) is 1.95. The second-order valence-corrected chi connectivity index (χ2v) is 7.25. The van der Waals surface area contributed by atoms with E-state index in [0.29, 0.717) is 30.0 Å². The van der Waals surface area contributed by atoms with Crippen molar-refractivity contribution < 1.29 is 14.0 Å². The Morgan fingerprint density at radius 3 is 2.67 bits per heavy atom. The number of carbonyl (C=O) groups excluding carboxylic acids is 2. The molecule has 5 nitrogen and oxygen atoms in total. The lowest BCUT2D eigenvalue weighted by molar-refractivity contribution is 0.0945. The maximum Gasteiger partial charge on any atom is 0.258 e. The first kappa shape index (κ1) is 17.4. The van der Waals surface area contributed by atoms with Gasteiger partial charge in [-0.3, -0.25) is 9.59 Å². The molecule has 0 atom stereocenters. The maximum absolute atomic E-state index is 12.9. The Hall–Kier alpha value is -2.99. The smallest absolute Gasteiger partial charge is 0.258 e. The number of hydrogen-bond acceptors (Lipinski definition) is 4. The quantitative estimate of drug-likeness (QED) is 0.746. The molecule has 0 saturated carbocycles. The molecule has 3 aromatic rings. The van der Waals surface area contributed by atoms with Crippen molar-refractivity contribution in [3.05, 3.63) is 83.8 Å². The fourth-order valence-electron chi connectivity index (χ4n) is 2.99. The monoisotopic (exact) mass is 378 g/mol. The van der Waals surface area contributed by atoms with E-state index in [-0.39, 0.29) is 11.8 Å². The minimum atomic E-state index is -0.197. The lowest BCUT2D eigenvalue weighted by Gasteiger charge is -2.29. The van der Waals surface area contributed by atoms with E-state index < -0.39 is 0 Å². The molecule has 1 N–H and O–H groups in total. The third kappa shape index (κ3) is 3.75. The highest BCUT2D eigenvalue weighted by Crippen LogP contribution is 2.36. The Labute approximate surface area is 161 Å². The van der Waals surface area contributed by atoms with Crippen LogP contribution in [0.25, 0.3) is 0 Å². The Morgan fingerprint density at radius 2 is 1.89 bits per heavy atom. The van der Waals surface area contributed by atoms with Crippen LogP contribution in [0.3, 0.4) is 0 Å². The van der Waals surface area contributed by atoms with Gasteiger partial charge in [-0.05, 0) is 42.5 Å². The van der Waals surface area contributed by atoms with Crippen molar-refractivity contribution in [2.24, 2.45) is 0 Å². The number of amides is 2. The molecular formula is C21H18N2O3S. The van der Waals surface area contributed by atoms with E-state index in [9.17, 15) is 9.59 Å². The van der Waals surface area contributed by atoms with Crippen molar-refractivity contribution in [2.45, 2.75) is 11.4 Å². The van der Waals surface area contributed by atoms with Crippen LogP contribution in [-0.2, 0) is 6.54 Å². The van der Waals surface area contributed by atoms with Gasteiger partial charge in [-0.15, -0.1) is 11.8 Å². The standard InChI is InChI=1S/C21H18N2O3S/c24-20(22-14-17-7-4-11-26-17)16-8-9-19-18(13-16)23(10-12-27-19)21(25)15-5-2-1-3-6-15/h1-9,11,13H,10,12,14H2,(H,22,24). The van der Waals surface area contributed by atoms with Crippen LogP contribution in [0, 0.1) is 0 Å². The molecule has 0 bridgehead atoms. The average molecular weight is 378 g/mol. The van der Waals surface area contributed by atoms with E-state index in [1.807, 2.05) is 42.5 Å². The number of carbonyl (C=O) groups is 2. The molecule has 6 heteroatoms.